The summed E-state index contributed by atoms with van der Waals surface area (Å²) < 4.78 is 4.98. The fourth-order valence-electron chi connectivity index (χ4n) is 1.20. The van der Waals surface area contributed by atoms with E-state index in [4.69, 9.17) is 9.84 Å². The summed E-state index contributed by atoms with van der Waals surface area (Å²) in [6, 6.07) is 3.26. The van der Waals surface area contributed by atoms with Gasteiger partial charge in [0, 0.05) is 17.3 Å². The summed E-state index contributed by atoms with van der Waals surface area (Å²) in [5.41, 5.74) is 0.520. The van der Waals surface area contributed by atoms with Crippen LogP contribution < -0.4 is 10.1 Å². The molecule has 2 N–H and O–H groups in total. The third-order valence-electron chi connectivity index (χ3n) is 2.44. The van der Waals surface area contributed by atoms with E-state index in [9.17, 15) is 9.59 Å². The topological polar surface area (TPSA) is 88.5 Å². The first-order valence-electron chi connectivity index (χ1n) is 5.18. The molecule has 0 saturated heterocycles. The number of carbonyl (C=O) groups excluding carboxylic acids is 1. The summed E-state index contributed by atoms with van der Waals surface area (Å²) in [6.07, 6.45) is 1.53. The summed E-state index contributed by atoms with van der Waals surface area (Å²) in [5.74, 6) is -1.35. The van der Waals surface area contributed by atoms with Gasteiger partial charge in [0.2, 0.25) is 5.88 Å². The number of anilines is 1. The lowest BCUT2D eigenvalue weighted by Gasteiger charge is -2.09. The molecule has 0 spiro atoms. The normalized spacial score (nSPS) is 11.5. The number of hydrogen-bond donors (Lipinski definition) is 2. The largest absolute Gasteiger partial charge is 0.480 e. The van der Waals surface area contributed by atoms with E-state index in [0.717, 1.165) is 0 Å². The number of pyridine rings is 1. The molecule has 1 rings (SSSR count). The average Bonchev–Trinajstić information content (AvgIpc) is 2.37. The minimum absolute atomic E-state index is 0.00430. The van der Waals surface area contributed by atoms with Crippen LogP contribution in [-0.2, 0) is 9.59 Å². The Morgan fingerprint density at radius 1 is 1.33 bits per heavy atom. The van der Waals surface area contributed by atoms with E-state index >= 15 is 0 Å². The maximum Gasteiger partial charge on any atom is 0.331 e. The van der Waals surface area contributed by atoms with Gasteiger partial charge in [-0.3, -0.25) is 4.79 Å². The highest BCUT2D eigenvalue weighted by Gasteiger charge is 2.14. The van der Waals surface area contributed by atoms with E-state index in [0.29, 0.717) is 5.69 Å². The number of carbonyl (C=O) groups is 2. The van der Waals surface area contributed by atoms with Crippen molar-refractivity contribution in [3.8, 4) is 5.88 Å². The minimum Gasteiger partial charge on any atom is -0.480 e. The van der Waals surface area contributed by atoms with Gasteiger partial charge in [-0.25, -0.2) is 9.78 Å². The molecule has 6 heteroatoms. The van der Waals surface area contributed by atoms with Crippen LogP contribution in [0.4, 0.5) is 5.69 Å². The van der Waals surface area contributed by atoms with Crippen LogP contribution in [0.2, 0.25) is 0 Å². The van der Waals surface area contributed by atoms with E-state index in [2.05, 4.69) is 10.3 Å². The van der Waals surface area contributed by atoms with Gasteiger partial charge in [0.05, 0.1) is 7.11 Å². The Labute approximate surface area is 104 Å². The number of hydrogen-bond acceptors (Lipinski definition) is 4. The van der Waals surface area contributed by atoms with Crippen molar-refractivity contribution in [2.24, 2.45) is 0 Å². The van der Waals surface area contributed by atoms with Gasteiger partial charge in [-0.2, -0.15) is 0 Å². The van der Waals surface area contributed by atoms with Crippen LogP contribution in [0.15, 0.2) is 29.5 Å². The highest BCUT2D eigenvalue weighted by atomic mass is 16.5. The van der Waals surface area contributed by atoms with Crippen molar-refractivity contribution >= 4 is 17.6 Å². The summed E-state index contributed by atoms with van der Waals surface area (Å²) in [5, 5.41) is 11.3. The Hall–Kier alpha value is -2.37. The van der Waals surface area contributed by atoms with Crippen LogP contribution in [0.5, 0.6) is 5.88 Å². The summed E-state index contributed by atoms with van der Waals surface area (Å²) in [6.45, 7) is 2.82. The Kier molecular flexibility index (Phi) is 4.42. The molecule has 0 unspecified atom stereocenters. The van der Waals surface area contributed by atoms with Crippen LogP contribution in [-0.4, -0.2) is 29.1 Å². The number of amides is 1. The van der Waals surface area contributed by atoms with Crippen LogP contribution >= 0.6 is 0 Å². The first-order valence-corrected chi connectivity index (χ1v) is 5.18. The highest BCUT2D eigenvalue weighted by Crippen LogP contribution is 2.20. The third kappa shape index (κ3) is 3.07. The van der Waals surface area contributed by atoms with Gasteiger partial charge in [-0.15, -0.1) is 0 Å². The second-order valence-electron chi connectivity index (χ2n) is 3.57. The standard InChI is InChI=1S/C12H14N2O4/c1-7(8(2)12(16)17)10(15)14-9-5-4-6-13-11(9)18-3/h4-6H,1-3H3,(H,14,15)(H,16,17)/b8-7-. The minimum atomic E-state index is -1.12. The molecule has 96 valence electrons. The second-order valence-corrected chi connectivity index (χ2v) is 3.57. The van der Waals surface area contributed by atoms with Crippen LogP contribution in [0.25, 0.3) is 0 Å². The molecule has 0 atom stereocenters. The lowest BCUT2D eigenvalue weighted by molar-refractivity contribution is -0.133. The molecular weight excluding hydrogens is 236 g/mol. The molecule has 0 fully saturated rings. The first-order chi connectivity index (χ1) is 8.47. The molecule has 0 radical (unpaired) electrons. The lowest BCUT2D eigenvalue weighted by Crippen LogP contribution is -2.16. The first kappa shape index (κ1) is 13.7. The smallest absolute Gasteiger partial charge is 0.331 e. The van der Waals surface area contributed by atoms with Gasteiger partial charge in [0.1, 0.15) is 5.69 Å². The van der Waals surface area contributed by atoms with Crippen molar-refractivity contribution in [3.05, 3.63) is 29.5 Å². The third-order valence-corrected chi connectivity index (χ3v) is 2.44. The predicted molar refractivity (Wildman–Crippen MR) is 65.4 cm³/mol. The molecule has 1 aromatic heterocycles. The quantitative estimate of drug-likeness (QED) is 0.789. The number of rotatable bonds is 4. The second kappa shape index (κ2) is 5.81. The highest BCUT2D eigenvalue weighted by molar-refractivity contribution is 6.08. The van der Waals surface area contributed by atoms with Crippen molar-refractivity contribution in [2.45, 2.75) is 13.8 Å². The van der Waals surface area contributed by atoms with E-state index in [1.54, 1.807) is 12.1 Å². The van der Waals surface area contributed by atoms with E-state index in [-0.39, 0.29) is 17.0 Å². The maximum atomic E-state index is 11.8. The monoisotopic (exact) mass is 250 g/mol. The molecule has 1 amide bonds. The van der Waals surface area contributed by atoms with Gasteiger partial charge >= 0.3 is 5.97 Å². The number of carboxylic acid groups (broad SMARTS) is 1. The molecule has 0 bridgehead atoms. The van der Waals surface area contributed by atoms with Crippen molar-refractivity contribution in [1.29, 1.82) is 0 Å². The number of aliphatic carboxylic acids is 1. The predicted octanol–water partition coefficient (Wildman–Crippen LogP) is 1.45. The number of ether oxygens (including phenoxy) is 1. The molecule has 0 aromatic carbocycles. The maximum absolute atomic E-state index is 11.8. The van der Waals surface area contributed by atoms with Gasteiger partial charge in [-0.05, 0) is 26.0 Å². The fourth-order valence-corrected chi connectivity index (χ4v) is 1.20. The Morgan fingerprint density at radius 2 is 2.00 bits per heavy atom. The summed E-state index contributed by atoms with van der Waals surface area (Å²) in [7, 11) is 1.43. The van der Waals surface area contributed by atoms with E-state index in [1.165, 1.54) is 27.2 Å². The molecule has 18 heavy (non-hydrogen) atoms. The number of aromatic nitrogens is 1. The van der Waals surface area contributed by atoms with Crippen LogP contribution in [0.3, 0.4) is 0 Å². The fraction of sp³-hybridized carbons (Fsp3) is 0.250. The van der Waals surface area contributed by atoms with Gasteiger partial charge in [-0.1, -0.05) is 0 Å². The Morgan fingerprint density at radius 3 is 2.56 bits per heavy atom. The van der Waals surface area contributed by atoms with Gasteiger partial charge < -0.3 is 15.2 Å². The summed E-state index contributed by atoms with van der Waals surface area (Å²) >= 11 is 0. The molecule has 0 aliphatic rings. The van der Waals surface area contributed by atoms with E-state index < -0.39 is 11.9 Å². The van der Waals surface area contributed by atoms with Crippen LogP contribution in [0, 0.1) is 0 Å². The van der Waals surface area contributed by atoms with Crippen molar-refractivity contribution in [3.63, 3.8) is 0 Å². The Bertz CT molecular complexity index is 509. The average molecular weight is 250 g/mol. The van der Waals surface area contributed by atoms with E-state index in [1.807, 2.05) is 0 Å². The van der Waals surface area contributed by atoms with Gasteiger partial charge in [0.25, 0.3) is 5.91 Å². The molecule has 0 saturated carbocycles. The number of nitrogens with zero attached hydrogens (tertiary/aromatic N) is 1. The summed E-state index contributed by atoms with van der Waals surface area (Å²) in [4.78, 5) is 26.5. The zero-order valence-electron chi connectivity index (χ0n) is 10.4. The van der Waals surface area contributed by atoms with Crippen LogP contribution in [0.1, 0.15) is 13.8 Å². The van der Waals surface area contributed by atoms with Crippen molar-refractivity contribution < 1.29 is 19.4 Å². The SMILES string of the molecule is COc1ncccc1NC(=O)/C(C)=C(/C)C(=O)O. The number of nitrogens with one attached hydrogen (secondary N) is 1. The van der Waals surface area contributed by atoms with Crippen molar-refractivity contribution in [1.82, 2.24) is 4.98 Å². The van der Waals surface area contributed by atoms with Gasteiger partial charge in [0.15, 0.2) is 0 Å². The number of carboxylic acids is 1. The molecule has 1 heterocycles. The Balaban J connectivity index is 2.95. The zero-order valence-corrected chi connectivity index (χ0v) is 10.4. The molecular formula is C12H14N2O4. The molecule has 1 aromatic rings. The number of methoxy groups -OCH3 is 1. The molecule has 0 aliphatic heterocycles. The molecule has 6 nitrogen and oxygen atoms in total. The van der Waals surface area contributed by atoms with Crippen molar-refractivity contribution in [2.75, 3.05) is 12.4 Å². The lowest BCUT2D eigenvalue weighted by atomic mass is 10.1. The zero-order chi connectivity index (χ0) is 13.7. The molecule has 0 aliphatic carbocycles.